The van der Waals surface area contributed by atoms with Gasteiger partial charge in [-0.3, -0.25) is 0 Å². The molecule has 2 aromatic rings. The van der Waals surface area contributed by atoms with Crippen molar-refractivity contribution in [1.29, 1.82) is 0 Å². The molecule has 0 radical (unpaired) electrons. The van der Waals surface area contributed by atoms with Crippen LogP contribution in [0.4, 0.5) is 0 Å². The van der Waals surface area contributed by atoms with Crippen molar-refractivity contribution in [3.05, 3.63) is 33.9 Å². The maximum Gasteiger partial charge on any atom is 0.0603 e. The molecule has 1 aromatic carbocycles. The Morgan fingerprint density at radius 3 is 3.18 bits per heavy atom. The number of para-hydroxylation sites is 1. The van der Waals surface area contributed by atoms with Gasteiger partial charge < -0.3 is 10.3 Å². The van der Waals surface area contributed by atoms with Crippen molar-refractivity contribution < 1.29 is 0 Å². The Labute approximate surface area is 110 Å². The average molecular weight is 293 g/mol. The van der Waals surface area contributed by atoms with Gasteiger partial charge in [0.2, 0.25) is 0 Å². The Morgan fingerprint density at radius 1 is 1.47 bits per heavy atom. The van der Waals surface area contributed by atoms with E-state index in [-0.39, 0.29) is 0 Å². The van der Waals surface area contributed by atoms with Crippen LogP contribution in [0.5, 0.6) is 0 Å². The first-order valence-electron chi connectivity index (χ1n) is 6.33. The summed E-state index contributed by atoms with van der Waals surface area (Å²) in [7, 11) is 0. The summed E-state index contributed by atoms with van der Waals surface area (Å²) in [6.07, 6.45) is 3.73. The largest absolute Gasteiger partial charge is 0.356 e. The maximum absolute atomic E-state index is 3.63. The summed E-state index contributed by atoms with van der Waals surface area (Å²) in [5.74, 6) is 0. The first-order chi connectivity index (χ1) is 8.31. The number of H-pyrrole nitrogens is 1. The van der Waals surface area contributed by atoms with Gasteiger partial charge in [-0.2, -0.15) is 0 Å². The maximum atomic E-state index is 3.63. The molecule has 1 heterocycles. The van der Waals surface area contributed by atoms with E-state index in [2.05, 4.69) is 51.4 Å². The van der Waals surface area contributed by atoms with Crippen LogP contribution in [0.15, 0.2) is 22.7 Å². The third-order valence-electron chi connectivity index (χ3n) is 3.64. The first-order valence-corrected chi connectivity index (χ1v) is 7.13. The van der Waals surface area contributed by atoms with Crippen LogP contribution in [0, 0.1) is 0 Å². The van der Waals surface area contributed by atoms with Gasteiger partial charge in [-0.25, -0.2) is 0 Å². The van der Waals surface area contributed by atoms with Crippen molar-refractivity contribution in [3.8, 4) is 0 Å². The van der Waals surface area contributed by atoms with E-state index in [1.165, 1.54) is 45.9 Å². The van der Waals surface area contributed by atoms with Gasteiger partial charge in [0.05, 0.1) is 5.52 Å². The smallest absolute Gasteiger partial charge is 0.0603 e. The minimum absolute atomic E-state index is 0.503. The van der Waals surface area contributed by atoms with Gasteiger partial charge in [0.15, 0.2) is 0 Å². The fourth-order valence-electron chi connectivity index (χ4n) is 2.90. The van der Waals surface area contributed by atoms with Crippen LogP contribution in [-0.4, -0.2) is 11.5 Å². The van der Waals surface area contributed by atoms with Crippen LogP contribution in [0.2, 0.25) is 0 Å². The molecule has 0 saturated carbocycles. The molecule has 0 amide bonds. The van der Waals surface area contributed by atoms with Crippen molar-refractivity contribution in [2.45, 2.75) is 32.2 Å². The molecule has 17 heavy (non-hydrogen) atoms. The number of hydrogen-bond acceptors (Lipinski definition) is 1. The molecular formula is C14H17BrN2. The second-order valence-electron chi connectivity index (χ2n) is 4.68. The number of hydrogen-bond donors (Lipinski definition) is 2. The van der Waals surface area contributed by atoms with Gasteiger partial charge in [0.25, 0.3) is 0 Å². The van der Waals surface area contributed by atoms with Crippen molar-refractivity contribution >= 4 is 26.8 Å². The number of benzene rings is 1. The number of aromatic amines is 1. The molecular weight excluding hydrogens is 276 g/mol. The van der Waals surface area contributed by atoms with E-state index in [0.29, 0.717) is 6.04 Å². The Kier molecular flexibility index (Phi) is 2.97. The van der Waals surface area contributed by atoms with E-state index in [9.17, 15) is 0 Å². The van der Waals surface area contributed by atoms with Crippen LogP contribution >= 0.6 is 15.9 Å². The van der Waals surface area contributed by atoms with E-state index in [4.69, 9.17) is 0 Å². The van der Waals surface area contributed by atoms with Crippen molar-refractivity contribution in [2.24, 2.45) is 0 Å². The molecule has 1 unspecified atom stereocenters. The molecule has 0 spiro atoms. The quantitative estimate of drug-likeness (QED) is 0.863. The summed E-state index contributed by atoms with van der Waals surface area (Å²) in [4.78, 5) is 3.61. The molecule has 0 fully saturated rings. The van der Waals surface area contributed by atoms with E-state index in [0.717, 1.165) is 6.54 Å². The number of fused-ring (bicyclic) bond motifs is 3. The van der Waals surface area contributed by atoms with Crippen LogP contribution in [-0.2, 0) is 6.42 Å². The van der Waals surface area contributed by atoms with Crippen molar-refractivity contribution in [2.75, 3.05) is 6.54 Å². The Balaban J connectivity index is 2.18. The lowest BCUT2D eigenvalue weighted by Gasteiger charge is -2.23. The first kappa shape index (κ1) is 11.3. The van der Waals surface area contributed by atoms with Gasteiger partial charge >= 0.3 is 0 Å². The molecule has 1 aliphatic rings. The lowest BCUT2D eigenvalue weighted by atomic mass is 9.92. The number of rotatable bonds is 2. The fraction of sp³-hybridized carbons (Fsp3) is 0.429. The number of nitrogens with one attached hydrogen (secondary N) is 2. The zero-order chi connectivity index (χ0) is 11.8. The molecule has 1 aromatic heterocycles. The molecule has 2 N–H and O–H groups in total. The van der Waals surface area contributed by atoms with E-state index in [1.807, 2.05) is 0 Å². The van der Waals surface area contributed by atoms with E-state index >= 15 is 0 Å². The molecule has 90 valence electrons. The van der Waals surface area contributed by atoms with Gasteiger partial charge in [-0.1, -0.05) is 19.1 Å². The standard InChI is InChI=1S/C14H17BrN2/c1-2-16-12-8-4-6-10-9-5-3-7-11(15)13(9)17-14(10)12/h3,5,7,12,16-17H,2,4,6,8H2,1H3. The summed E-state index contributed by atoms with van der Waals surface area (Å²) in [6.45, 7) is 3.20. The molecule has 1 atom stereocenters. The zero-order valence-corrected chi connectivity index (χ0v) is 11.6. The highest BCUT2D eigenvalue weighted by atomic mass is 79.9. The SMILES string of the molecule is CCNC1CCCc2c1[nH]c1c(Br)cccc21. The molecule has 3 rings (SSSR count). The lowest BCUT2D eigenvalue weighted by Crippen LogP contribution is -2.24. The van der Waals surface area contributed by atoms with Gasteiger partial charge in [0, 0.05) is 21.6 Å². The highest BCUT2D eigenvalue weighted by Crippen LogP contribution is 2.36. The minimum Gasteiger partial charge on any atom is -0.356 e. The molecule has 2 nitrogen and oxygen atoms in total. The highest BCUT2D eigenvalue weighted by Gasteiger charge is 2.23. The van der Waals surface area contributed by atoms with Gasteiger partial charge in [-0.05, 0) is 53.4 Å². The number of halogens is 1. The van der Waals surface area contributed by atoms with Crippen LogP contribution in [0.3, 0.4) is 0 Å². The summed E-state index contributed by atoms with van der Waals surface area (Å²) < 4.78 is 1.17. The third-order valence-corrected chi connectivity index (χ3v) is 4.30. The third kappa shape index (κ3) is 1.81. The predicted octanol–water partition coefficient (Wildman–Crippen LogP) is 3.92. The summed E-state index contributed by atoms with van der Waals surface area (Å²) in [5, 5.41) is 4.96. The molecule has 0 bridgehead atoms. The van der Waals surface area contributed by atoms with Gasteiger partial charge in [-0.15, -0.1) is 0 Å². The van der Waals surface area contributed by atoms with E-state index in [1.54, 1.807) is 0 Å². The van der Waals surface area contributed by atoms with E-state index < -0.39 is 0 Å². The molecule has 3 heteroatoms. The topological polar surface area (TPSA) is 27.8 Å². The lowest BCUT2D eigenvalue weighted by molar-refractivity contribution is 0.465. The minimum atomic E-state index is 0.503. The summed E-state index contributed by atoms with van der Waals surface area (Å²) >= 11 is 3.63. The van der Waals surface area contributed by atoms with Crippen LogP contribution < -0.4 is 5.32 Å². The molecule has 0 saturated heterocycles. The summed E-state index contributed by atoms with van der Waals surface area (Å²) in [5.41, 5.74) is 4.17. The molecule has 1 aliphatic carbocycles. The summed E-state index contributed by atoms with van der Waals surface area (Å²) in [6, 6.07) is 6.95. The number of aromatic nitrogens is 1. The molecule has 0 aliphatic heterocycles. The Morgan fingerprint density at radius 2 is 2.35 bits per heavy atom. The monoisotopic (exact) mass is 292 g/mol. The Bertz CT molecular complexity index is 544. The second kappa shape index (κ2) is 4.46. The highest BCUT2D eigenvalue weighted by molar-refractivity contribution is 9.10. The van der Waals surface area contributed by atoms with Crippen LogP contribution in [0.25, 0.3) is 10.9 Å². The van der Waals surface area contributed by atoms with Crippen molar-refractivity contribution in [1.82, 2.24) is 10.3 Å². The average Bonchev–Trinajstić information content (AvgIpc) is 2.71. The predicted molar refractivity (Wildman–Crippen MR) is 75.4 cm³/mol. The fourth-order valence-corrected chi connectivity index (χ4v) is 3.37. The van der Waals surface area contributed by atoms with Crippen molar-refractivity contribution in [3.63, 3.8) is 0 Å². The zero-order valence-electron chi connectivity index (χ0n) is 10.0. The second-order valence-corrected chi connectivity index (χ2v) is 5.54. The van der Waals surface area contributed by atoms with Gasteiger partial charge in [0.1, 0.15) is 0 Å². The number of aryl methyl sites for hydroxylation is 1. The normalized spacial score (nSPS) is 19.5. The Hall–Kier alpha value is -0.800. The van der Waals surface area contributed by atoms with Crippen LogP contribution in [0.1, 0.15) is 37.1 Å².